The molecule has 0 aromatic carbocycles. The number of nitrogens with zero attached hydrogens (tertiary/aromatic N) is 1. The SMILES string of the molecule is CCC(=O)C1=CC[C@H]2[C@H](Br)[C@@H]1[C@H](OC)N2C(=O)OC(C)(C)C. The molecule has 1 heterocycles. The highest BCUT2D eigenvalue weighted by molar-refractivity contribution is 9.09. The second-order valence-corrected chi connectivity index (χ2v) is 7.78. The maximum atomic E-state index is 12.6. The Balaban J connectivity index is 2.30. The van der Waals surface area contributed by atoms with E-state index >= 15 is 0 Å². The summed E-state index contributed by atoms with van der Waals surface area (Å²) < 4.78 is 11.1. The average molecular weight is 374 g/mol. The number of hydrogen-bond donors (Lipinski definition) is 0. The second-order valence-electron chi connectivity index (χ2n) is 6.72. The Morgan fingerprint density at radius 3 is 2.55 bits per heavy atom. The molecule has 2 aliphatic rings. The molecule has 0 spiro atoms. The maximum absolute atomic E-state index is 12.6. The molecule has 0 radical (unpaired) electrons. The van der Waals surface area contributed by atoms with E-state index < -0.39 is 17.9 Å². The van der Waals surface area contributed by atoms with Gasteiger partial charge in [-0.1, -0.05) is 28.9 Å². The zero-order valence-corrected chi connectivity index (χ0v) is 15.3. The third-order valence-electron chi connectivity index (χ3n) is 4.08. The van der Waals surface area contributed by atoms with E-state index in [1.165, 1.54) is 0 Å². The minimum atomic E-state index is -0.566. The van der Waals surface area contributed by atoms with Crippen molar-refractivity contribution in [3.05, 3.63) is 11.6 Å². The number of methoxy groups -OCH3 is 1. The first-order valence-corrected chi connectivity index (χ1v) is 8.54. The van der Waals surface area contributed by atoms with Crippen molar-refractivity contribution in [2.75, 3.05) is 7.11 Å². The molecule has 2 rings (SSSR count). The van der Waals surface area contributed by atoms with Crippen molar-refractivity contribution in [3.8, 4) is 0 Å². The molecule has 124 valence electrons. The smallest absolute Gasteiger partial charge is 0.412 e. The Hall–Kier alpha value is -0.880. The maximum Gasteiger partial charge on any atom is 0.412 e. The number of ether oxygens (including phenoxy) is 2. The first-order valence-electron chi connectivity index (χ1n) is 7.62. The van der Waals surface area contributed by atoms with E-state index in [9.17, 15) is 9.59 Å². The molecular weight excluding hydrogens is 350 g/mol. The van der Waals surface area contributed by atoms with E-state index in [1.807, 2.05) is 33.8 Å². The van der Waals surface area contributed by atoms with Crippen molar-refractivity contribution in [1.82, 2.24) is 4.90 Å². The zero-order valence-electron chi connectivity index (χ0n) is 13.8. The van der Waals surface area contributed by atoms with Crippen LogP contribution in [0.15, 0.2) is 11.6 Å². The molecule has 5 nitrogen and oxygen atoms in total. The van der Waals surface area contributed by atoms with Gasteiger partial charge in [-0.05, 0) is 32.8 Å². The highest BCUT2D eigenvalue weighted by Crippen LogP contribution is 2.45. The molecule has 1 fully saturated rings. The molecule has 1 saturated heterocycles. The number of hydrogen-bond acceptors (Lipinski definition) is 4. The Labute approximate surface area is 140 Å². The quantitative estimate of drug-likeness (QED) is 0.712. The molecule has 6 heteroatoms. The summed E-state index contributed by atoms with van der Waals surface area (Å²) in [5.74, 6) is -0.0373. The van der Waals surface area contributed by atoms with E-state index in [-0.39, 0.29) is 22.6 Å². The van der Waals surface area contributed by atoms with Gasteiger partial charge in [0.2, 0.25) is 0 Å². The lowest BCUT2D eigenvalue weighted by Gasteiger charge is -2.31. The first kappa shape index (κ1) is 17.5. The summed E-state index contributed by atoms with van der Waals surface area (Å²) in [7, 11) is 1.57. The van der Waals surface area contributed by atoms with E-state index in [4.69, 9.17) is 9.47 Å². The fourth-order valence-corrected chi connectivity index (χ4v) is 4.20. The Bertz CT molecular complexity index is 497. The molecule has 0 saturated carbocycles. The van der Waals surface area contributed by atoms with E-state index in [2.05, 4.69) is 15.9 Å². The van der Waals surface area contributed by atoms with Crippen LogP contribution in [0.1, 0.15) is 40.5 Å². The van der Waals surface area contributed by atoms with E-state index in [0.29, 0.717) is 12.8 Å². The van der Waals surface area contributed by atoms with E-state index in [1.54, 1.807) is 12.0 Å². The van der Waals surface area contributed by atoms with Crippen LogP contribution in [-0.2, 0) is 14.3 Å². The van der Waals surface area contributed by atoms with Crippen molar-refractivity contribution >= 4 is 27.8 Å². The normalized spacial score (nSPS) is 31.0. The van der Waals surface area contributed by atoms with Gasteiger partial charge >= 0.3 is 6.09 Å². The van der Waals surface area contributed by atoms with E-state index in [0.717, 1.165) is 5.57 Å². The molecule has 4 atom stereocenters. The molecular formula is C16H24BrNO4. The molecule has 0 aromatic rings. The minimum absolute atomic E-state index is 0.000434. The monoisotopic (exact) mass is 373 g/mol. The van der Waals surface area contributed by atoms with Crippen molar-refractivity contribution in [1.29, 1.82) is 0 Å². The molecule has 1 amide bonds. The topological polar surface area (TPSA) is 55.8 Å². The Morgan fingerprint density at radius 2 is 2.05 bits per heavy atom. The van der Waals surface area contributed by atoms with Gasteiger partial charge in [0, 0.05) is 24.3 Å². The minimum Gasteiger partial charge on any atom is -0.444 e. The number of halogens is 1. The first-order chi connectivity index (χ1) is 10.2. The predicted octanol–water partition coefficient (Wildman–Crippen LogP) is 3.27. The summed E-state index contributed by atoms with van der Waals surface area (Å²) in [4.78, 5) is 26.4. The van der Waals surface area contributed by atoms with Crippen molar-refractivity contribution in [2.45, 2.75) is 63.2 Å². The van der Waals surface area contributed by atoms with Crippen LogP contribution in [-0.4, -0.2) is 46.6 Å². The van der Waals surface area contributed by atoms with Crippen LogP contribution < -0.4 is 0 Å². The standard InChI is InChI=1S/C16H24BrNO4/c1-6-11(19)9-7-8-10-13(17)12(9)14(21-5)18(10)15(20)22-16(2,3)4/h7,10,12-14H,6,8H2,1-5H3/t10-,12+,13-,14-/m0/s1. The lowest BCUT2D eigenvalue weighted by Crippen LogP contribution is -2.45. The molecule has 22 heavy (non-hydrogen) atoms. The van der Waals surface area contributed by atoms with Crippen LogP contribution in [0.25, 0.3) is 0 Å². The lowest BCUT2D eigenvalue weighted by molar-refractivity contribution is -0.116. The summed E-state index contributed by atoms with van der Waals surface area (Å²) >= 11 is 3.67. The molecule has 1 aliphatic carbocycles. The largest absolute Gasteiger partial charge is 0.444 e. The lowest BCUT2D eigenvalue weighted by atomic mass is 9.85. The van der Waals surface area contributed by atoms with Crippen LogP contribution in [0.5, 0.6) is 0 Å². The molecule has 1 aliphatic heterocycles. The third-order valence-corrected chi connectivity index (χ3v) is 5.26. The summed E-state index contributed by atoms with van der Waals surface area (Å²) in [5.41, 5.74) is 0.196. The Kier molecular flexibility index (Phi) is 5.02. The Morgan fingerprint density at radius 1 is 1.41 bits per heavy atom. The second kappa shape index (κ2) is 6.32. The van der Waals surface area contributed by atoms with Gasteiger partial charge in [0.05, 0.1) is 6.04 Å². The number of carbonyl (C=O) groups is 2. The highest BCUT2D eigenvalue weighted by Gasteiger charge is 2.55. The average Bonchev–Trinajstić information content (AvgIpc) is 2.60. The third kappa shape index (κ3) is 3.08. The molecule has 0 unspecified atom stereocenters. The van der Waals surface area contributed by atoms with Gasteiger partial charge in [-0.2, -0.15) is 0 Å². The molecule has 0 N–H and O–H groups in total. The fourth-order valence-electron chi connectivity index (χ4n) is 3.18. The summed E-state index contributed by atoms with van der Waals surface area (Å²) in [6.45, 7) is 7.36. The van der Waals surface area contributed by atoms with Gasteiger partial charge in [0.15, 0.2) is 5.78 Å². The van der Waals surface area contributed by atoms with Gasteiger partial charge < -0.3 is 9.47 Å². The van der Waals surface area contributed by atoms with Crippen molar-refractivity contribution < 1.29 is 19.1 Å². The van der Waals surface area contributed by atoms with Crippen LogP contribution in [0.2, 0.25) is 0 Å². The number of amides is 1. The number of ketones is 1. The van der Waals surface area contributed by atoms with Crippen LogP contribution in [0.3, 0.4) is 0 Å². The summed E-state index contributed by atoms with van der Waals surface area (Å²) in [6, 6.07) is -0.0572. The number of fused-ring (bicyclic) bond motifs is 2. The van der Waals surface area contributed by atoms with Crippen LogP contribution >= 0.6 is 15.9 Å². The van der Waals surface area contributed by atoms with Crippen molar-refractivity contribution in [2.24, 2.45) is 5.92 Å². The van der Waals surface area contributed by atoms with Gasteiger partial charge in [0.1, 0.15) is 11.8 Å². The van der Waals surface area contributed by atoms with Gasteiger partial charge in [-0.25, -0.2) is 4.79 Å². The number of likely N-dealkylation sites (tertiary alicyclic amines) is 1. The fraction of sp³-hybridized carbons (Fsp3) is 0.750. The van der Waals surface area contributed by atoms with Gasteiger partial charge in [0.25, 0.3) is 0 Å². The van der Waals surface area contributed by atoms with Crippen LogP contribution in [0, 0.1) is 5.92 Å². The van der Waals surface area contributed by atoms with Gasteiger partial charge in [-0.3, -0.25) is 9.69 Å². The summed E-state index contributed by atoms with van der Waals surface area (Å²) in [6.07, 6.45) is 2.17. The number of carbonyl (C=O) groups excluding carboxylic acids is 2. The zero-order chi connectivity index (χ0) is 16.7. The number of Topliss-reactive ketones (excluding diaryl/α,β-unsaturated/α-hetero) is 1. The van der Waals surface area contributed by atoms with Crippen molar-refractivity contribution in [3.63, 3.8) is 0 Å². The summed E-state index contributed by atoms with van der Waals surface area (Å²) in [5, 5.41) is 0. The predicted molar refractivity (Wildman–Crippen MR) is 86.9 cm³/mol. The number of rotatable bonds is 3. The molecule has 0 aromatic heterocycles. The number of alkyl halides is 1. The van der Waals surface area contributed by atoms with Crippen LogP contribution in [0.4, 0.5) is 4.79 Å². The van der Waals surface area contributed by atoms with Gasteiger partial charge in [-0.15, -0.1) is 0 Å². The molecule has 2 bridgehead atoms. The highest BCUT2D eigenvalue weighted by atomic mass is 79.9.